The molecule has 3 heterocycles. The van der Waals surface area contributed by atoms with Crippen LogP contribution >= 0.6 is 22.6 Å². The molecule has 3 N–H and O–H groups in total. The van der Waals surface area contributed by atoms with E-state index in [-0.39, 0.29) is 47.5 Å². The van der Waals surface area contributed by atoms with Crippen LogP contribution in [0.15, 0.2) is 35.3 Å². The van der Waals surface area contributed by atoms with Crippen molar-refractivity contribution in [3.05, 3.63) is 55.8 Å². The number of pyridine rings is 1. The third kappa shape index (κ3) is 4.10. The monoisotopic (exact) mass is 526 g/mol. The van der Waals surface area contributed by atoms with E-state index in [0.29, 0.717) is 0 Å². The first kappa shape index (κ1) is 21.3. The summed E-state index contributed by atoms with van der Waals surface area (Å²) in [6.45, 7) is 1.32. The molecule has 2 aromatic rings. The van der Waals surface area contributed by atoms with Crippen LogP contribution in [0.5, 0.6) is 0 Å². The van der Waals surface area contributed by atoms with Crippen molar-refractivity contribution in [2.24, 2.45) is 7.05 Å². The average molecular weight is 526 g/mol. The molecule has 2 saturated heterocycles. The van der Waals surface area contributed by atoms with Crippen molar-refractivity contribution in [3.8, 4) is 0 Å². The second kappa shape index (κ2) is 8.27. The minimum atomic E-state index is -0.938. The Bertz CT molecular complexity index is 1030. The number of β-amino-alcohol motifs (C(OH)–C–C–N with tert-alkyl or cyclic N) is 1. The van der Waals surface area contributed by atoms with E-state index >= 15 is 0 Å². The molecule has 0 aliphatic carbocycles. The topological polar surface area (TPSA) is 86.6 Å². The second-order valence-corrected chi connectivity index (χ2v) is 9.31. The lowest BCUT2D eigenvalue weighted by atomic mass is 9.81. The molecule has 9 heteroatoms. The molecule has 7 nitrogen and oxygen atoms in total. The summed E-state index contributed by atoms with van der Waals surface area (Å²) in [6.07, 6.45) is 4.49. The van der Waals surface area contributed by atoms with E-state index in [1.807, 2.05) is 22.6 Å². The number of amides is 1. The Balaban J connectivity index is 1.57. The zero-order valence-electron chi connectivity index (χ0n) is 16.6. The van der Waals surface area contributed by atoms with E-state index in [1.165, 1.54) is 22.9 Å². The largest absolute Gasteiger partial charge is 0.385 e. The van der Waals surface area contributed by atoms with Gasteiger partial charge in [0.25, 0.3) is 11.5 Å². The van der Waals surface area contributed by atoms with Crippen LogP contribution in [0, 0.1) is 9.39 Å². The summed E-state index contributed by atoms with van der Waals surface area (Å²) in [6, 6.07) is 5.95. The van der Waals surface area contributed by atoms with Crippen molar-refractivity contribution in [2.75, 3.05) is 25.0 Å². The normalized spacial score (nSPS) is 20.5. The number of nitrogens with zero attached hydrogens (tertiary/aromatic N) is 2. The van der Waals surface area contributed by atoms with E-state index in [0.717, 1.165) is 29.4 Å². The van der Waals surface area contributed by atoms with Gasteiger partial charge in [0.15, 0.2) is 0 Å². The number of carbonyl (C=O) groups is 1. The van der Waals surface area contributed by atoms with Crippen LogP contribution < -0.4 is 16.2 Å². The molecule has 0 saturated carbocycles. The van der Waals surface area contributed by atoms with Gasteiger partial charge in [-0.05, 0) is 60.2 Å². The van der Waals surface area contributed by atoms with E-state index in [2.05, 4.69) is 10.6 Å². The van der Waals surface area contributed by atoms with Gasteiger partial charge in [-0.15, -0.1) is 0 Å². The number of aromatic nitrogens is 1. The smallest absolute Gasteiger partial charge is 0.257 e. The molecule has 0 radical (unpaired) electrons. The molecule has 4 rings (SSSR count). The average Bonchev–Trinajstić information content (AvgIpc) is 2.70. The molecule has 2 aliphatic rings. The molecule has 1 aromatic heterocycles. The molecule has 2 aliphatic heterocycles. The van der Waals surface area contributed by atoms with Gasteiger partial charge >= 0.3 is 0 Å². The molecule has 0 spiro atoms. The highest BCUT2D eigenvalue weighted by atomic mass is 127. The number of nitrogens with one attached hydrogen (secondary N) is 2. The first-order valence-electron chi connectivity index (χ1n) is 9.95. The minimum Gasteiger partial charge on any atom is -0.385 e. The van der Waals surface area contributed by atoms with Gasteiger partial charge in [-0.3, -0.25) is 9.59 Å². The fraction of sp³-hybridized carbons (Fsp3) is 0.429. The number of aryl methyl sites for hydroxylation is 1. The third-order valence-corrected chi connectivity index (χ3v) is 6.51. The highest BCUT2D eigenvalue weighted by Crippen LogP contribution is 2.32. The number of rotatable bonds is 4. The van der Waals surface area contributed by atoms with Crippen molar-refractivity contribution >= 4 is 39.9 Å². The lowest BCUT2D eigenvalue weighted by Crippen LogP contribution is -2.72. The summed E-state index contributed by atoms with van der Waals surface area (Å²) >= 11 is 2.01. The molecular formula is C21H24FIN4O3. The molecule has 2 fully saturated rings. The predicted octanol–water partition coefficient (Wildman–Crippen LogP) is 2.20. The standard InChI is InChI=1S/C21H24FIN4O3/c1-26-10-14(17(9-19(26)28)25-16-6-5-13(23)8-15(16)22)20(29)27-11-21(30,12-27)18-4-2-3-7-24-18/h5-6,8-10,18,24-25,30H,2-4,7,11-12H2,1H3/t18-/m0/s1. The minimum absolute atomic E-state index is 0.0195. The van der Waals surface area contributed by atoms with Gasteiger partial charge in [0.1, 0.15) is 11.4 Å². The molecule has 1 aromatic carbocycles. The van der Waals surface area contributed by atoms with E-state index in [9.17, 15) is 19.1 Å². The number of piperidine rings is 1. The maximum Gasteiger partial charge on any atom is 0.257 e. The Morgan fingerprint density at radius 3 is 2.73 bits per heavy atom. The SMILES string of the molecule is Cn1cc(C(=O)N2CC(O)([C@@H]3CCCCN3)C2)c(Nc2ccc(I)cc2F)cc1=O. The number of aliphatic hydroxyl groups is 1. The summed E-state index contributed by atoms with van der Waals surface area (Å²) < 4.78 is 16.4. The maximum atomic E-state index is 14.3. The van der Waals surface area contributed by atoms with Gasteiger partial charge in [-0.25, -0.2) is 4.39 Å². The molecule has 1 amide bonds. The Labute approximate surface area is 187 Å². The summed E-state index contributed by atoms with van der Waals surface area (Å²) in [4.78, 5) is 26.9. The second-order valence-electron chi connectivity index (χ2n) is 8.07. The molecule has 0 unspecified atom stereocenters. The number of halogens is 2. The third-order valence-electron chi connectivity index (χ3n) is 5.83. The maximum absolute atomic E-state index is 14.3. The lowest BCUT2D eigenvalue weighted by molar-refractivity contribution is -0.108. The van der Waals surface area contributed by atoms with E-state index < -0.39 is 11.4 Å². The summed E-state index contributed by atoms with van der Waals surface area (Å²) in [5, 5.41) is 17.1. The van der Waals surface area contributed by atoms with Crippen LogP contribution in [-0.4, -0.2) is 51.8 Å². The van der Waals surface area contributed by atoms with Gasteiger partial charge in [-0.2, -0.15) is 0 Å². The van der Waals surface area contributed by atoms with Crippen molar-refractivity contribution in [1.82, 2.24) is 14.8 Å². The van der Waals surface area contributed by atoms with Crippen molar-refractivity contribution in [1.29, 1.82) is 0 Å². The van der Waals surface area contributed by atoms with E-state index in [4.69, 9.17) is 0 Å². The first-order chi connectivity index (χ1) is 14.3. The molecule has 30 heavy (non-hydrogen) atoms. The number of hydrogen-bond donors (Lipinski definition) is 3. The zero-order valence-corrected chi connectivity index (χ0v) is 18.8. The molecular weight excluding hydrogens is 502 g/mol. The highest BCUT2D eigenvalue weighted by Gasteiger charge is 2.49. The molecule has 1 atom stereocenters. The lowest BCUT2D eigenvalue weighted by Gasteiger charge is -2.51. The summed E-state index contributed by atoms with van der Waals surface area (Å²) in [7, 11) is 1.56. The fourth-order valence-electron chi connectivity index (χ4n) is 4.10. The van der Waals surface area contributed by atoms with Gasteiger partial charge in [0, 0.05) is 28.9 Å². The van der Waals surface area contributed by atoms with Crippen molar-refractivity contribution in [2.45, 2.75) is 30.9 Å². The predicted molar refractivity (Wildman–Crippen MR) is 121 cm³/mol. The van der Waals surface area contributed by atoms with Crippen LogP contribution in [0.4, 0.5) is 15.8 Å². The number of hydrogen-bond acceptors (Lipinski definition) is 5. The van der Waals surface area contributed by atoms with Crippen LogP contribution in [0.25, 0.3) is 0 Å². The fourth-order valence-corrected chi connectivity index (χ4v) is 4.55. The number of carbonyl (C=O) groups excluding carboxylic acids is 1. The Morgan fingerprint density at radius 1 is 1.30 bits per heavy atom. The van der Waals surface area contributed by atoms with Gasteiger partial charge in [-0.1, -0.05) is 6.42 Å². The van der Waals surface area contributed by atoms with E-state index in [1.54, 1.807) is 24.1 Å². The van der Waals surface area contributed by atoms with Crippen LogP contribution in [0.3, 0.4) is 0 Å². The van der Waals surface area contributed by atoms with Gasteiger partial charge in [0.05, 0.1) is 30.0 Å². The molecule has 0 bridgehead atoms. The quantitative estimate of drug-likeness (QED) is 0.533. The number of anilines is 2. The summed E-state index contributed by atoms with van der Waals surface area (Å²) in [5.74, 6) is -0.776. The van der Waals surface area contributed by atoms with Gasteiger partial charge in [0.2, 0.25) is 0 Å². The number of likely N-dealkylation sites (tertiary alicyclic amines) is 1. The first-order valence-corrected chi connectivity index (χ1v) is 11.0. The Morgan fingerprint density at radius 2 is 2.07 bits per heavy atom. The van der Waals surface area contributed by atoms with Crippen LogP contribution in [0.2, 0.25) is 0 Å². The zero-order chi connectivity index (χ0) is 21.5. The Hall–Kier alpha value is -1.98. The van der Waals surface area contributed by atoms with Crippen LogP contribution in [0.1, 0.15) is 29.6 Å². The van der Waals surface area contributed by atoms with Gasteiger partial charge < -0.3 is 25.2 Å². The van der Waals surface area contributed by atoms with Crippen LogP contribution in [-0.2, 0) is 7.05 Å². The number of benzene rings is 1. The van der Waals surface area contributed by atoms with Crippen molar-refractivity contribution in [3.63, 3.8) is 0 Å². The Kier molecular flexibility index (Phi) is 5.86. The molecule has 160 valence electrons. The summed E-state index contributed by atoms with van der Waals surface area (Å²) in [5.41, 5.74) is -0.564. The highest BCUT2D eigenvalue weighted by molar-refractivity contribution is 14.1. The van der Waals surface area contributed by atoms with Crippen molar-refractivity contribution < 1.29 is 14.3 Å².